The summed E-state index contributed by atoms with van der Waals surface area (Å²) < 4.78 is 0. The number of urea groups is 1. The quantitative estimate of drug-likeness (QED) is 0.690. The zero-order chi connectivity index (χ0) is 23.8. The first-order chi connectivity index (χ1) is 16.6. The zero-order valence-corrected chi connectivity index (χ0v) is 19.5. The molecule has 8 nitrogen and oxygen atoms in total. The van der Waals surface area contributed by atoms with Crippen LogP contribution in [-0.4, -0.2) is 73.5 Å². The highest BCUT2D eigenvalue weighted by atomic mass is 16.2. The highest BCUT2D eigenvalue weighted by Gasteiger charge is 2.27. The van der Waals surface area contributed by atoms with Gasteiger partial charge in [-0.2, -0.15) is 0 Å². The summed E-state index contributed by atoms with van der Waals surface area (Å²) in [5.74, 6) is -0.0597. The van der Waals surface area contributed by atoms with E-state index in [-0.39, 0.29) is 23.8 Å². The fourth-order valence-corrected chi connectivity index (χ4v) is 4.52. The van der Waals surface area contributed by atoms with Crippen molar-refractivity contribution < 1.29 is 14.4 Å². The second-order valence-corrected chi connectivity index (χ2v) is 8.80. The number of carbonyl (C=O) groups is 3. The molecule has 0 unspecified atom stereocenters. The van der Waals surface area contributed by atoms with Crippen LogP contribution < -0.4 is 15.5 Å². The normalized spacial score (nSPS) is 16.8. The van der Waals surface area contributed by atoms with Crippen LogP contribution in [0.2, 0.25) is 0 Å². The van der Waals surface area contributed by atoms with Crippen molar-refractivity contribution >= 4 is 29.2 Å². The largest absolute Gasteiger partial charge is 0.368 e. The molecule has 0 atom stereocenters. The summed E-state index contributed by atoms with van der Waals surface area (Å²) in [6.07, 6.45) is 1.57. The van der Waals surface area contributed by atoms with Crippen molar-refractivity contribution in [3.8, 4) is 0 Å². The molecule has 2 heterocycles. The Balaban J connectivity index is 1.12. The molecule has 8 heteroatoms. The van der Waals surface area contributed by atoms with E-state index in [1.54, 1.807) is 4.90 Å². The van der Waals surface area contributed by atoms with Crippen LogP contribution in [0.1, 0.15) is 19.3 Å². The van der Waals surface area contributed by atoms with Gasteiger partial charge in [0.15, 0.2) is 0 Å². The van der Waals surface area contributed by atoms with Gasteiger partial charge >= 0.3 is 6.03 Å². The third-order valence-corrected chi connectivity index (χ3v) is 6.57. The lowest BCUT2D eigenvalue weighted by atomic mass is 9.96. The topological polar surface area (TPSA) is 85.0 Å². The molecule has 0 bridgehead atoms. The van der Waals surface area contributed by atoms with E-state index < -0.39 is 0 Å². The molecule has 2 aromatic rings. The van der Waals surface area contributed by atoms with Gasteiger partial charge in [0.2, 0.25) is 11.8 Å². The molecule has 2 aliphatic rings. The van der Waals surface area contributed by atoms with Gasteiger partial charge in [0.05, 0.1) is 0 Å². The monoisotopic (exact) mass is 463 g/mol. The number of para-hydroxylation sites is 2. The lowest BCUT2D eigenvalue weighted by Gasteiger charge is -2.36. The Morgan fingerprint density at radius 1 is 0.765 bits per heavy atom. The van der Waals surface area contributed by atoms with Crippen molar-refractivity contribution in [1.29, 1.82) is 0 Å². The van der Waals surface area contributed by atoms with E-state index in [1.165, 1.54) is 5.69 Å². The summed E-state index contributed by atoms with van der Waals surface area (Å²) in [6.45, 7) is 4.47. The molecule has 0 saturated carbocycles. The van der Waals surface area contributed by atoms with E-state index in [4.69, 9.17) is 0 Å². The number of hydrogen-bond acceptors (Lipinski definition) is 4. The number of hydrogen-bond donors (Lipinski definition) is 2. The maximum absolute atomic E-state index is 12.6. The van der Waals surface area contributed by atoms with Gasteiger partial charge in [-0.15, -0.1) is 0 Å². The third kappa shape index (κ3) is 6.27. The van der Waals surface area contributed by atoms with Crippen molar-refractivity contribution in [1.82, 2.24) is 15.1 Å². The Kier molecular flexibility index (Phi) is 8.01. The SMILES string of the molecule is O=C(NCCC(=O)N1CCN(c2ccccc2)CC1)C1CCN(C(=O)Nc2ccccc2)CC1. The Labute approximate surface area is 200 Å². The molecule has 2 N–H and O–H groups in total. The van der Waals surface area contributed by atoms with Gasteiger partial charge in [-0.05, 0) is 37.1 Å². The lowest BCUT2D eigenvalue weighted by molar-refractivity contribution is -0.131. The molecule has 2 saturated heterocycles. The average molecular weight is 464 g/mol. The predicted octanol–water partition coefficient (Wildman–Crippen LogP) is 2.79. The number of carbonyl (C=O) groups excluding carboxylic acids is 3. The van der Waals surface area contributed by atoms with E-state index in [1.807, 2.05) is 53.4 Å². The van der Waals surface area contributed by atoms with E-state index >= 15 is 0 Å². The maximum Gasteiger partial charge on any atom is 0.321 e. The Hall–Kier alpha value is -3.55. The van der Waals surface area contributed by atoms with E-state index in [9.17, 15) is 14.4 Å². The van der Waals surface area contributed by atoms with Gasteiger partial charge in [0, 0.05) is 69.5 Å². The minimum atomic E-state index is -0.136. The Morgan fingerprint density at radius 2 is 1.38 bits per heavy atom. The lowest BCUT2D eigenvalue weighted by Crippen LogP contribution is -2.49. The fourth-order valence-electron chi connectivity index (χ4n) is 4.52. The van der Waals surface area contributed by atoms with Crippen molar-refractivity contribution in [2.45, 2.75) is 19.3 Å². The van der Waals surface area contributed by atoms with Crippen LogP contribution in [0.15, 0.2) is 60.7 Å². The molecular formula is C26H33N5O3. The first kappa shape index (κ1) is 23.6. The Bertz CT molecular complexity index is 953. The Morgan fingerprint density at radius 3 is 2.03 bits per heavy atom. The van der Waals surface area contributed by atoms with Crippen LogP contribution in [0, 0.1) is 5.92 Å². The molecule has 0 radical (unpaired) electrons. The average Bonchev–Trinajstić information content (AvgIpc) is 2.90. The fraction of sp³-hybridized carbons (Fsp3) is 0.423. The van der Waals surface area contributed by atoms with Gasteiger partial charge in [0.1, 0.15) is 0 Å². The minimum Gasteiger partial charge on any atom is -0.368 e. The van der Waals surface area contributed by atoms with E-state index in [2.05, 4.69) is 27.7 Å². The summed E-state index contributed by atoms with van der Waals surface area (Å²) in [6, 6.07) is 19.5. The highest BCUT2D eigenvalue weighted by molar-refractivity contribution is 5.89. The van der Waals surface area contributed by atoms with Crippen molar-refractivity contribution in [3.63, 3.8) is 0 Å². The van der Waals surface area contributed by atoms with Crippen LogP contribution in [0.4, 0.5) is 16.2 Å². The summed E-state index contributed by atoms with van der Waals surface area (Å²) >= 11 is 0. The molecular weight excluding hydrogens is 430 g/mol. The molecule has 2 aliphatic heterocycles. The van der Waals surface area contributed by atoms with Gasteiger partial charge in [0.25, 0.3) is 0 Å². The van der Waals surface area contributed by atoms with Crippen molar-refractivity contribution in [2.75, 3.05) is 56.0 Å². The molecule has 4 rings (SSSR count). The van der Waals surface area contributed by atoms with Gasteiger partial charge < -0.3 is 25.3 Å². The molecule has 2 aromatic carbocycles. The molecule has 180 valence electrons. The number of piperidine rings is 1. The predicted molar refractivity (Wildman–Crippen MR) is 133 cm³/mol. The summed E-state index contributed by atoms with van der Waals surface area (Å²) in [7, 11) is 0. The molecule has 34 heavy (non-hydrogen) atoms. The summed E-state index contributed by atoms with van der Waals surface area (Å²) in [5, 5.41) is 5.81. The minimum absolute atomic E-state index is 0.0233. The number of likely N-dealkylation sites (tertiary alicyclic amines) is 1. The van der Waals surface area contributed by atoms with Gasteiger partial charge in [-0.3, -0.25) is 9.59 Å². The second-order valence-electron chi connectivity index (χ2n) is 8.80. The number of nitrogens with one attached hydrogen (secondary N) is 2. The number of anilines is 2. The first-order valence-electron chi connectivity index (χ1n) is 12.1. The molecule has 0 aromatic heterocycles. The summed E-state index contributed by atoms with van der Waals surface area (Å²) in [5.41, 5.74) is 1.95. The molecule has 2 fully saturated rings. The molecule has 4 amide bonds. The molecule has 0 aliphatic carbocycles. The smallest absolute Gasteiger partial charge is 0.321 e. The maximum atomic E-state index is 12.6. The summed E-state index contributed by atoms with van der Waals surface area (Å²) in [4.78, 5) is 43.5. The van der Waals surface area contributed by atoms with Gasteiger partial charge in [-0.25, -0.2) is 4.79 Å². The first-order valence-corrected chi connectivity index (χ1v) is 12.1. The second kappa shape index (κ2) is 11.5. The van der Waals surface area contributed by atoms with Crippen LogP contribution in [0.5, 0.6) is 0 Å². The van der Waals surface area contributed by atoms with Crippen LogP contribution in [-0.2, 0) is 9.59 Å². The van der Waals surface area contributed by atoms with E-state index in [0.29, 0.717) is 52.0 Å². The standard InChI is InChI=1S/C26H33N5O3/c32-24(30-19-17-29(18-20-30)23-9-5-2-6-10-23)11-14-27-25(33)21-12-15-31(16-13-21)26(34)28-22-7-3-1-4-8-22/h1-10,21H,11-20H2,(H,27,33)(H,28,34). The zero-order valence-electron chi connectivity index (χ0n) is 19.5. The van der Waals surface area contributed by atoms with Crippen molar-refractivity contribution in [3.05, 3.63) is 60.7 Å². The number of amides is 4. The van der Waals surface area contributed by atoms with Crippen LogP contribution in [0.25, 0.3) is 0 Å². The highest BCUT2D eigenvalue weighted by Crippen LogP contribution is 2.19. The number of nitrogens with zero attached hydrogens (tertiary/aromatic N) is 3. The van der Waals surface area contributed by atoms with Gasteiger partial charge in [-0.1, -0.05) is 36.4 Å². The van der Waals surface area contributed by atoms with E-state index in [0.717, 1.165) is 18.8 Å². The number of benzene rings is 2. The number of piperazine rings is 1. The third-order valence-electron chi connectivity index (χ3n) is 6.57. The number of rotatable bonds is 6. The van der Waals surface area contributed by atoms with Crippen LogP contribution in [0.3, 0.4) is 0 Å². The molecule has 0 spiro atoms. The van der Waals surface area contributed by atoms with Crippen LogP contribution >= 0.6 is 0 Å². The van der Waals surface area contributed by atoms with Crippen molar-refractivity contribution in [2.24, 2.45) is 5.92 Å².